The Bertz CT molecular complexity index is 720. The highest BCUT2D eigenvalue weighted by molar-refractivity contribution is 8.02. The fraction of sp³-hybridized carbons (Fsp3) is 0.600. The lowest BCUT2D eigenvalue weighted by Gasteiger charge is -2.46. The van der Waals surface area contributed by atoms with E-state index in [9.17, 15) is 4.79 Å². The number of thiocarbonyl (C=S) groups is 1. The van der Waals surface area contributed by atoms with E-state index in [2.05, 4.69) is 22.0 Å². The molecule has 0 spiro atoms. The Hall–Kier alpha value is -0.610. The van der Waals surface area contributed by atoms with E-state index >= 15 is 0 Å². The standard InChI is InChI=1S/C20H29N3O3S2.2ClH/c1-16(24)14-19(27)20(15-26-18-7-5-4-6-17(18)25-3)23(12-13-28-20)22-10-8-21(2)9-11-22;;/h4-7H,8-15H2,1-3H3;2*1H. The monoisotopic (exact) mass is 495 g/mol. The zero-order valence-corrected chi connectivity index (χ0v) is 20.9. The van der Waals surface area contributed by atoms with Crippen LogP contribution in [0.2, 0.25) is 0 Å². The molecule has 0 amide bonds. The van der Waals surface area contributed by atoms with E-state index in [1.165, 1.54) is 0 Å². The number of rotatable bonds is 8. The molecule has 1 aromatic rings. The van der Waals surface area contributed by atoms with Gasteiger partial charge >= 0.3 is 0 Å². The Kier molecular flexibility index (Phi) is 11.4. The molecule has 0 radical (unpaired) electrons. The van der Waals surface area contributed by atoms with Crippen LogP contribution in [0.4, 0.5) is 0 Å². The smallest absolute Gasteiger partial charge is 0.161 e. The minimum Gasteiger partial charge on any atom is -0.493 e. The molecule has 1 aromatic carbocycles. The number of methoxy groups -OCH3 is 1. The number of nitrogens with zero attached hydrogens (tertiary/aromatic N) is 3. The van der Waals surface area contributed by atoms with E-state index in [4.69, 9.17) is 21.7 Å². The number of ketones is 1. The quantitative estimate of drug-likeness (QED) is 0.509. The lowest BCUT2D eigenvalue weighted by atomic mass is 10.1. The molecule has 0 aromatic heterocycles. The summed E-state index contributed by atoms with van der Waals surface area (Å²) >= 11 is 7.60. The normalized spacial score (nSPS) is 22.6. The van der Waals surface area contributed by atoms with Crippen LogP contribution < -0.4 is 9.47 Å². The summed E-state index contributed by atoms with van der Waals surface area (Å²) < 4.78 is 11.7. The van der Waals surface area contributed by atoms with Gasteiger partial charge < -0.3 is 14.4 Å². The third-order valence-corrected chi connectivity index (χ3v) is 7.27. The number of hydrogen-bond donors (Lipinski definition) is 0. The van der Waals surface area contributed by atoms with E-state index in [0.717, 1.165) is 43.3 Å². The average Bonchev–Trinajstić information content (AvgIpc) is 3.12. The van der Waals surface area contributed by atoms with E-state index in [0.29, 0.717) is 24.5 Å². The first-order valence-corrected chi connectivity index (χ1v) is 11.0. The van der Waals surface area contributed by atoms with Gasteiger partial charge in [0.05, 0.1) is 7.11 Å². The Morgan fingerprint density at radius 1 is 1.13 bits per heavy atom. The van der Waals surface area contributed by atoms with Crippen LogP contribution in [-0.2, 0) is 4.79 Å². The first kappa shape index (κ1) is 27.4. The summed E-state index contributed by atoms with van der Waals surface area (Å²) in [6, 6.07) is 7.64. The number of hydrazine groups is 1. The minimum absolute atomic E-state index is 0. The van der Waals surface area contributed by atoms with E-state index in [1.807, 2.05) is 24.3 Å². The van der Waals surface area contributed by atoms with Gasteiger partial charge in [0.2, 0.25) is 0 Å². The number of thioether (sulfide) groups is 1. The number of carbonyl (C=O) groups excluding carboxylic acids is 1. The van der Waals surface area contributed by atoms with Crippen molar-refractivity contribution in [2.24, 2.45) is 0 Å². The van der Waals surface area contributed by atoms with Crippen LogP contribution in [0.1, 0.15) is 13.3 Å². The molecule has 2 aliphatic rings. The molecule has 2 fully saturated rings. The maximum Gasteiger partial charge on any atom is 0.161 e. The number of para-hydroxylation sites is 2. The summed E-state index contributed by atoms with van der Waals surface area (Å²) in [5.74, 6) is 2.44. The number of halogens is 2. The molecule has 0 saturated carbocycles. The summed E-state index contributed by atoms with van der Waals surface area (Å²) in [6.45, 7) is 6.83. The number of likely N-dealkylation sites (N-methyl/N-ethyl adjacent to an activating group) is 1. The predicted octanol–water partition coefficient (Wildman–Crippen LogP) is 3.17. The van der Waals surface area contributed by atoms with Crippen molar-refractivity contribution >= 4 is 59.4 Å². The van der Waals surface area contributed by atoms with E-state index < -0.39 is 4.87 Å². The summed E-state index contributed by atoms with van der Waals surface area (Å²) in [4.78, 5) is 14.4. The molecule has 2 saturated heterocycles. The molecule has 2 aliphatic heterocycles. The van der Waals surface area contributed by atoms with Gasteiger partial charge in [-0.3, -0.25) is 4.79 Å². The van der Waals surface area contributed by atoms with Crippen LogP contribution in [0, 0.1) is 0 Å². The van der Waals surface area contributed by atoms with Crippen LogP contribution in [0.25, 0.3) is 0 Å². The first-order valence-electron chi connectivity index (χ1n) is 9.60. The Morgan fingerprint density at radius 2 is 1.77 bits per heavy atom. The van der Waals surface area contributed by atoms with Crippen molar-refractivity contribution in [3.05, 3.63) is 24.3 Å². The van der Waals surface area contributed by atoms with Gasteiger partial charge in [-0.25, -0.2) is 10.0 Å². The number of carbonyl (C=O) groups is 1. The van der Waals surface area contributed by atoms with Gasteiger partial charge in [0, 0.05) is 49.8 Å². The second kappa shape index (κ2) is 12.4. The molecule has 6 nitrogen and oxygen atoms in total. The highest BCUT2D eigenvalue weighted by atomic mass is 35.5. The van der Waals surface area contributed by atoms with Crippen molar-refractivity contribution in [2.75, 3.05) is 59.2 Å². The Labute approximate surface area is 201 Å². The SMILES string of the molecule is COc1ccccc1OCC1(C(=S)CC(C)=O)SCCN1N1CCN(C)CC1.Cl.Cl. The third-order valence-electron chi connectivity index (χ3n) is 5.22. The topological polar surface area (TPSA) is 45.3 Å². The Balaban J connectivity index is 0.00000225. The molecule has 1 unspecified atom stereocenters. The van der Waals surface area contributed by atoms with E-state index in [1.54, 1.807) is 25.8 Å². The number of benzene rings is 1. The van der Waals surface area contributed by atoms with Crippen molar-refractivity contribution < 1.29 is 14.3 Å². The molecular weight excluding hydrogens is 465 g/mol. The number of Topliss-reactive ketones (excluding diaryl/α,β-unsaturated/α-hetero) is 1. The van der Waals surface area contributed by atoms with Crippen molar-refractivity contribution in [1.29, 1.82) is 0 Å². The molecule has 30 heavy (non-hydrogen) atoms. The van der Waals surface area contributed by atoms with Gasteiger partial charge in [-0.15, -0.1) is 36.6 Å². The molecule has 10 heteroatoms. The van der Waals surface area contributed by atoms with Crippen molar-refractivity contribution in [3.63, 3.8) is 0 Å². The number of hydrogen-bond acceptors (Lipinski definition) is 8. The van der Waals surface area contributed by atoms with Crippen molar-refractivity contribution in [1.82, 2.24) is 14.9 Å². The largest absolute Gasteiger partial charge is 0.493 e. The second-order valence-electron chi connectivity index (χ2n) is 7.25. The lowest BCUT2D eigenvalue weighted by molar-refractivity contribution is -0.116. The highest BCUT2D eigenvalue weighted by Gasteiger charge is 2.49. The van der Waals surface area contributed by atoms with Gasteiger partial charge in [-0.2, -0.15) is 0 Å². The summed E-state index contributed by atoms with van der Waals surface area (Å²) in [7, 11) is 3.79. The lowest BCUT2D eigenvalue weighted by Crippen LogP contribution is -2.62. The Morgan fingerprint density at radius 3 is 2.37 bits per heavy atom. The predicted molar refractivity (Wildman–Crippen MR) is 132 cm³/mol. The molecule has 2 heterocycles. The molecule has 170 valence electrons. The molecule has 1 atom stereocenters. The van der Waals surface area contributed by atoms with Gasteiger partial charge in [-0.1, -0.05) is 24.4 Å². The van der Waals surface area contributed by atoms with Crippen LogP contribution >= 0.6 is 48.8 Å². The molecule has 0 bridgehead atoms. The van der Waals surface area contributed by atoms with Crippen molar-refractivity contribution in [2.45, 2.75) is 18.2 Å². The van der Waals surface area contributed by atoms with Gasteiger partial charge in [0.1, 0.15) is 17.3 Å². The summed E-state index contributed by atoms with van der Waals surface area (Å²) in [5, 5.41) is 4.74. The summed E-state index contributed by atoms with van der Waals surface area (Å²) in [5.41, 5.74) is 0. The zero-order chi connectivity index (χ0) is 20.1. The molecule has 3 rings (SSSR count). The molecule has 0 N–H and O–H groups in total. The van der Waals surface area contributed by atoms with Crippen LogP contribution in [0.3, 0.4) is 0 Å². The van der Waals surface area contributed by atoms with Crippen LogP contribution in [-0.4, -0.2) is 89.7 Å². The number of piperazine rings is 1. The maximum atomic E-state index is 11.9. The van der Waals surface area contributed by atoms with E-state index in [-0.39, 0.29) is 30.6 Å². The average molecular weight is 497 g/mol. The minimum atomic E-state index is -0.516. The first-order chi connectivity index (χ1) is 13.5. The second-order valence-corrected chi connectivity index (χ2v) is 9.12. The van der Waals surface area contributed by atoms with Gasteiger partial charge in [-0.05, 0) is 26.1 Å². The van der Waals surface area contributed by atoms with Crippen LogP contribution in [0.15, 0.2) is 24.3 Å². The third kappa shape index (κ3) is 6.22. The summed E-state index contributed by atoms with van der Waals surface area (Å²) in [6.07, 6.45) is 0.294. The van der Waals surface area contributed by atoms with Crippen LogP contribution in [0.5, 0.6) is 11.5 Å². The molecule has 0 aliphatic carbocycles. The molecular formula is C20H31Cl2N3O3S2. The number of ether oxygens (including phenoxy) is 2. The van der Waals surface area contributed by atoms with Gasteiger partial charge in [0.15, 0.2) is 11.5 Å². The zero-order valence-electron chi connectivity index (χ0n) is 17.7. The fourth-order valence-corrected chi connectivity index (χ4v) is 5.54. The maximum absolute atomic E-state index is 11.9. The van der Waals surface area contributed by atoms with Gasteiger partial charge in [0.25, 0.3) is 0 Å². The highest BCUT2D eigenvalue weighted by Crippen LogP contribution is 2.41. The van der Waals surface area contributed by atoms with Crippen molar-refractivity contribution in [3.8, 4) is 11.5 Å². The fourth-order valence-electron chi connectivity index (χ4n) is 3.66.